The molecule has 2 heterocycles. The number of ether oxygens (including phenoxy) is 2. The van der Waals surface area contributed by atoms with E-state index in [1.54, 1.807) is 26.5 Å². The molecular weight excluding hydrogens is 372 g/mol. The second-order valence-electron chi connectivity index (χ2n) is 6.70. The van der Waals surface area contributed by atoms with Crippen LogP contribution in [0.15, 0.2) is 54.7 Å². The minimum atomic E-state index is -1.10. The van der Waals surface area contributed by atoms with Crippen molar-refractivity contribution < 1.29 is 24.2 Å². The summed E-state index contributed by atoms with van der Waals surface area (Å²) in [5, 5.41) is 12.5. The van der Waals surface area contributed by atoms with Gasteiger partial charge < -0.3 is 24.5 Å². The Hall–Kier alpha value is -3.74. The zero-order valence-corrected chi connectivity index (χ0v) is 16.0. The van der Waals surface area contributed by atoms with Gasteiger partial charge in [-0.2, -0.15) is 0 Å². The number of aromatic nitrogens is 1. The Morgan fingerprint density at radius 2 is 1.86 bits per heavy atom. The van der Waals surface area contributed by atoms with Crippen LogP contribution >= 0.6 is 0 Å². The number of benzene rings is 2. The van der Waals surface area contributed by atoms with Gasteiger partial charge in [0.1, 0.15) is 5.56 Å². The number of para-hydroxylation sites is 2. The Balaban J connectivity index is 2.00. The number of carbonyl (C=O) groups is 2. The Morgan fingerprint density at radius 1 is 1.10 bits per heavy atom. The third kappa shape index (κ3) is 3.10. The van der Waals surface area contributed by atoms with Gasteiger partial charge in [0.25, 0.3) is 0 Å². The second-order valence-corrected chi connectivity index (χ2v) is 6.70. The number of carbonyl (C=O) groups excluding carboxylic acids is 1. The maximum Gasteiger partial charge on any atom is 0.339 e. The molecule has 2 aromatic carbocycles. The number of hydrogen-bond acceptors (Lipinski definition) is 4. The number of methoxy groups -OCH3 is 2. The van der Waals surface area contributed by atoms with Crippen LogP contribution in [0.1, 0.15) is 34.0 Å². The predicted molar refractivity (Wildman–Crippen MR) is 107 cm³/mol. The molecule has 3 aromatic rings. The van der Waals surface area contributed by atoms with Gasteiger partial charge in [0.15, 0.2) is 11.5 Å². The lowest BCUT2D eigenvalue weighted by Crippen LogP contribution is -2.25. The van der Waals surface area contributed by atoms with E-state index in [1.807, 2.05) is 47.0 Å². The molecule has 29 heavy (non-hydrogen) atoms. The molecule has 0 saturated heterocycles. The molecule has 7 heteroatoms. The van der Waals surface area contributed by atoms with Crippen LogP contribution in [-0.4, -0.2) is 35.8 Å². The number of nitrogens with zero attached hydrogens (tertiary/aromatic N) is 1. The summed E-state index contributed by atoms with van der Waals surface area (Å²) in [6.07, 6.45) is 1.71. The smallest absolute Gasteiger partial charge is 0.339 e. The first-order chi connectivity index (χ1) is 14.0. The van der Waals surface area contributed by atoms with E-state index in [9.17, 15) is 14.7 Å². The van der Waals surface area contributed by atoms with Crippen LogP contribution in [0.2, 0.25) is 0 Å². The molecule has 1 aromatic heterocycles. The molecule has 2 N–H and O–H groups in total. The Bertz CT molecular complexity index is 1090. The quantitative estimate of drug-likeness (QED) is 0.692. The van der Waals surface area contributed by atoms with Crippen LogP contribution in [0.25, 0.3) is 5.69 Å². The van der Waals surface area contributed by atoms with Crippen LogP contribution in [-0.2, 0) is 4.79 Å². The lowest BCUT2D eigenvalue weighted by atomic mass is 9.87. The van der Waals surface area contributed by atoms with Crippen molar-refractivity contribution in [3.05, 3.63) is 71.5 Å². The topological polar surface area (TPSA) is 89.8 Å². The van der Waals surface area contributed by atoms with Crippen molar-refractivity contribution in [3.63, 3.8) is 0 Å². The van der Waals surface area contributed by atoms with Crippen LogP contribution in [0.5, 0.6) is 11.5 Å². The minimum Gasteiger partial charge on any atom is -0.493 e. The van der Waals surface area contributed by atoms with Gasteiger partial charge >= 0.3 is 5.97 Å². The number of amides is 1. The van der Waals surface area contributed by atoms with Crippen molar-refractivity contribution in [3.8, 4) is 17.2 Å². The molecule has 1 aliphatic heterocycles. The number of carboxylic acids is 1. The van der Waals surface area contributed by atoms with E-state index in [2.05, 4.69) is 5.32 Å². The predicted octanol–water partition coefficient (Wildman–Crippen LogP) is 3.67. The van der Waals surface area contributed by atoms with Crippen molar-refractivity contribution >= 4 is 17.6 Å². The van der Waals surface area contributed by atoms with E-state index in [1.165, 1.54) is 0 Å². The van der Waals surface area contributed by atoms with E-state index in [4.69, 9.17) is 9.47 Å². The number of rotatable bonds is 5. The molecule has 1 atom stereocenters. The lowest BCUT2D eigenvalue weighted by Gasteiger charge is -2.27. The average Bonchev–Trinajstić information content (AvgIpc) is 3.12. The number of nitrogens with one attached hydrogen (secondary N) is 1. The summed E-state index contributed by atoms with van der Waals surface area (Å²) < 4.78 is 12.8. The van der Waals surface area contributed by atoms with Gasteiger partial charge in [0.2, 0.25) is 5.91 Å². The minimum absolute atomic E-state index is 0.0452. The Kier molecular flexibility index (Phi) is 4.72. The van der Waals surface area contributed by atoms with Gasteiger partial charge in [-0.1, -0.05) is 30.3 Å². The maximum atomic E-state index is 12.5. The summed E-state index contributed by atoms with van der Waals surface area (Å²) in [6.45, 7) is 0. The van der Waals surface area contributed by atoms with Crippen LogP contribution < -0.4 is 14.8 Å². The number of fused-ring (bicyclic) bond motifs is 1. The maximum absolute atomic E-state index is 12.5. The Morgan fingerprint density at radius 3 is 2.52 bits per heavy atom. The molecule has 0 fully saturated rings. The van der Waals surface area contributed by atoms with Gasteiger partial charge in [-0.15, -0.1) is 0 Å². The second kappa shape index (κ2) is 7.35. The highest BCUT2D eigenvalue weighted by molar-refractivity contribution is 6.04. The molecule has 1 unspecified atom stereocenters. The van der Waals surface area contributed by atoms with Gasteiger partial charge in [-0.05, 0) is 18.2 Å². The van der Waals surface area contributed by atoms with Gasteiger partial charge in [-0.25, -0.2) is 4.79 Å². The van der Waals surface area contributed by atoms with Crippen LogP contribution in [0.3, 0.4) is 0 Å². The first-order valence-corrected chi connectivity index (χ1v) is 9.09. The van der Waals surface area contributed by atoms with E-state index in [0.717, 1.165) is 11.3 Å². The monoisotopic (exact) mass is 392 g/mol. The normalized spacial score (nSPS) is 15.4. The standard InChI is InChI=1S/C22H20N2O5/c1-28-17-10-6-9-14(21(17)29-2)15-11-18(25)23-19-16(22(26)27)12-24(20(15)19)13-7-4-3-5-8-13/h3-10,12,15H,11H2,1-2H3,(H,23,25)(H,26,27). The highest BCUT2D eigenvalue weighted by atomic mass is 16.5. The van der Waals surface area contributed by atoms with Crippen LogP contribution in [0, 0.1) is 0 Å². The summed E-state index contributed by atoms with van der Waals surface area (Å²) in [6, 6.07) is 14.9. The largest absolute Gasteiger partial charge is 0.493 e. The van der Waals surface area contributed by atoms with Crippen molar-refractivity contribution in [2.24, 2.45) is 0 Å². The van der Waals surface area contributed by atoms with Crippen molar-refractivity contribution in [2.45, 2.75) is 12.3 Å². The third-order valence-corrected chi connectivity index (χ3v) is 5.10. The molecular formula is C22H20N2O5. The molecule has 148 valence electrons. The van der Waals surface area contributed by atoms with E-state index >= 15 is 0 Å². The highest BCUT2D eigenvalue weighted by Gasteiger charge is 2.36. The Labute approximate surface area is 167 Å². The first kappa shape index (κ1) is 18.6. The fourth-order valence-electron chi connectivity index (χ4n) is 3.88. The SMILES string of the molecule is COc1cccc(C2CC(=O)Nc3c(C(=O)O)cn(-c4ccccc4)c32)c1OC. The zero-order chi connectivity index (χ0) is 20.5. The molecule has 0 bridgehead atoms. The molecule has 7 nitrogen and oxygen atoms in total. The molecule has 0 aliphatic carbocycles. The van der Waals surface area contributed by atoms with Crippen LogP contribution in [0.4, 0.5) is 5.69 Å². The van der Waals surface area contributed by atoms with Crippen molar-refractivity contribution in [1.29, 1.82) is 0 Å². The molecule has 4 rings (SSSR count). The van der Waals surface area contributed by atoms with Crippen molar-refractivity contribution in [1.82, 2.24) is 4.57 Å². The molecule has 0 spiro atoms. The summed E-state index contributed by atoms with van der Waals surface area (Å²) in [5.41, 5.74) is 2.62. The molecule has 1 amide bonds. The van der Waals surface area contributed by atoms with Gasteiger partial charge in [0.05, 0.1) is 25.6 Å². The summed E-state index contributed by atoms with van der Waals surface area (Å²) >= 11 is 0. The fraction of sp³-hybridized carbons (Fsp3) is 0.182. The lowest BCUT2D eigenvalue weighted by molar-refractivity contribution is -0.116. The molecule has 0 saturated carbocycles. The average molecular weight is 392 g/mol. The molecule has 1 aliphatic rings. The highest BCUT2D eigenvalue weighted by Crippen LogP contribution is 2.46. The summed E-state index contributed by atoms with van der Waals surface area (Å²) in [4.78, 5) is 24.4. The number of hydrogen-bond donors (Lipinski definition) is 2. The van der Waals surface area contributed by atoms with E-state index in [-0.39, 0.29) is 17.9 Å². The van der Waals surface area contributed by atoms with E-state index < -0.39 is 11.9 Å². The van der Waals surface area contributed by atoms with Crippen molar-refractivity contribution in [2.75, 3.05) is 19.5 Å². The van der Waals surface area contributed by atoms with Gasteiger partial charge in [-0.3, -0.25) is 4.79 Å². The number of aromatic carboxylic acids is 1. The van der Waals surface area contributed by atoms with Gasteiger partial charge in [0, 0.05) is 29.8 Å². The number of carboxylic acid groups (broad SMARTS) is 1. The fourth-order valence-corrected chi connectivity index (χ4v) is 3.88. The first-order valence-electron chi connectivity index (χ1n) is 9.09. The van der Waals surface area contributed by atoms with E-state index in [0.29, 0.717) is 22.9 Å². The number of anilines is 1. The third-order valence-electron chi connectivity index (χ3n) is 5.10. The summed E-state index contributed by atoms with van der Waals surface area (Å²) in [5.74, 6) is -0.681. The zero-order valence-electron chi connectivity index (χ0n) is 16.0. The summed E-state index contributed by atoms with van der Waals surface area (Å²) in [7, 11) is 3.10. The molecule has 0 radical (unpaired) electrons.